The van der Waals surface area contributed by atoms with Crippen LogP contribution in [0.5, 0.6) is 0 Å². The van der Waals surface area contributed by atoms with E-state index in [1.165, 1.54) is 11.1 Å². The largest absolute Gasteiger partial charge is 0.336 e. The van der Waals surface area contributed by atoms with Crippen LogP contribution in [0, 0.1) is 18.6 Å². The van der Waals surface area contributed by atoms with E-state index < -0.39 is 11.6 Å². The predicted molar refractivity (Wildman–Crippen MR) is 99.8 cm³/mol. The van der Waals surface area contributed by atoms with Crippen LogP contribution in [0.4, 0.5) is 8.78 Å². The monoisotopic (exact) mass is 397 g/mol. The number of rotatable bonds is 3. The molecule has 4 rings (SSSR count). The first-order valence-electron chi connectivity index (χ1n) is 9.03. The summed E-state index contributed by atoms with van der Waals surface area (Å²) in [7, 11) is 0. The molecule has 1 amide bonds. The van der Waals surface area contributed by atoms with Gasteiger partial charge in [0.2, 0.25) is 5.91 Å². The lowest BCUT2D eigenvalue weighted by atomic mass is 10.0. The first kappa shape index (κ1) is 18.9. The van der Waals surface area contributed by atoms with Gasteiger partial charge in [-0.3, -0.25) is 14.6 Å². The molecule has 9 heteroatoms. The molecular weight excluding hydrogens is 380 g/mol. The Hall–Kier alpha value is -3.49. The van der Waals surface area contributed by atoms with E-state index in [2.05, 4.69) is 19.9 Å². The molecule has 0 aliphatic carbocycles. The van der Waals surface area contributed by atoms with Crippen molar-refractivity contribution in [3.05, 3.63) is 75.1 Å². The van der Waals surface area contributed by atoms with Crippen molar-refractivity contribution in [2.45, 2.75) is 26.3 Å². The SMILES string of the molecule is Cc1cnc(-c2nc3c(c(=O)[nH]2)CCN(C(=O)Cc2cc(F)ccc2F)C3)cn1. The number of aromatic amines is 1. The number of carbonyl (C=O) groups is 1. The van der Waals surface area contributed by atoms with Crippen molar-refractivity contribution in [2.24, 2.45) is 0 Å². The minimum absolute atomic E-state index is 0.00437. The molecular formula is C20H17F2N5O2. The van der Waals surface area contributed by atoms with Gasteiger partial charge in [-0.15, -0.1) is 0 Å². The standard InChI is InChI=1S/C20H17F2N5O2/c1-11-8-24-16(9-23-11)19-25-17-10-27(5-4-14(17)20(29)26-19)18(28)7-12-6-13(21)2-3-15(12)22/h2-3,6,8-9H,4-5,7,10H2,1H3,(H,25,26,29). The summed E-state index contributed by atoms with van der Waals surface area (Å²) in [6.07, 6.45) is 3.14. The van der Waals surface area contributed by atoms with E-state index in [0.717, 1.165) is 23.9 Å². The normalized spacial score (nSPS) is 13.3. The summed E-state index contributed by atoms with van der Waals surface area (Å²) in [5, 5.41) is 0. The number of nitrogens with one attached hydrogen (secondary N) is 1. The third-order valence-corrected chi connectivity index (χ3v) is 4.80. The number of hydrogen-bond donors (Lipinski definition) is 1. The molecule has 1 aliphatic rings. The Bertz CT molecular complexity index is 1140. The molecule has 0 saturated carbocycles. The van der Waals surface area contributed by atoms with Gasteiger partial charge in [-0.1, -0.05) is 0 Å². The fourth-order valence-corrected chi connectivity index (χ4v) is 3.24. The van der Waals surface area contributed by atoms with Crippen molar-refractivity contribution in [3.63, 3.8) is 0 Å². The van der Waals surface area contributed by atoms with E-state index in [-0.39, 0.29) is 35.8 Å². The zero-order chi connectivity index (χ0) is 20.5. The number of hydrogen-bond acceptors (Lipinski definition) is 5. The number of aromatic nitrogens is 4. The molecule has 3 aromatic rings. The molecule has 0 radical (unpaired) electrons. The highest BCUT2D eigenvalue weighted by molar-refractivity contribution is 5.79. The predicted octanol–water partition coefficient (Wildman–Crippen LogP) is 1.94. The van der Waals surface area contributed by atoms with Crippen LogP contribution in [0.1, 0.15) is 22.5 Å². The Kier molecular flexibility index (Phi) is 4.87. The number of carbonyl (C=O) groups excluding carboxylic acids is 1. The van der Waals surface area contributed by atoms with Crippen molar-refractivity contribution < 1.29 is 13.6 Å². The van der Waals surface area contributed by atoms with Crippen LogP contribution in [0.25, 0.3) is 11.5 Å². The smallest absolute Gasteiger partial charge is 0.254 e. The van der Waals surface area contributed by atoms with Gasteiger partial charge in [0.25, 0.3) is 5.56 Å². The molecule has 0 bridgehead atoms. The van der Waals surface area contributed by atoms with E-state index in [0.29, 0.717) is 29.9 Å². The van der Waals surface area contributed by atoms with Crippen LogP contribution in [-0.4, -0.2) is 37.3 Å². The van der Waals surface area contributed by atoms with E-state index in [1.54, 1.807) is 13.1 Å². The topological polar surface area (TPSA) is 91.8 Å². The van der Waals surface area contributed by atoms with E-state index in [9.17, 15) is 18.4 Å². The summed E-state index contributed by atoms with van der Waals surface area (Å²) >= 11 is 0. The van der Waals surface area contributed by atoms with Crippen LogP contribution >= 0.6 is 0 Å². The Labute approximate surface area is 164 Å². The van der Waals surface area contributed by atoms with Crippen molar-refractivity contribution in [1.29, 1.82) is 0 Å². The lowest BCUT2D eigenvalue weighted by Crippen LogP contribution is -2.40. The highest BCUT2D eigenvalue weighted by Gasteiger charge is 2.25. The molecule has 0 fully saturated rings. The van der Waals surface area contributed by atoms with Crippen LogP contribution in [0.3, 0.4) is 0 Å². The Balaban J connectivity index is 1.58. The molecule has 0 spiro atoms. The van der Waals surface area contributed by atoms with Crippen LogP contribution < -0.4 is 5.56 Å². The van der Waals surface area contributed by atoms with Crippen molar-refractivity contribution in [3.8, 4) is 11.5 Å². The maximum absolute atomic E-state index is 13.8. The fourth-order valence-electron chi connectivity index (χ4n) is 3.24. The van der Waals surface area contributed by atoms with E-state index >= 15 is 0 Å². The van der Waals surface area contributed by atoms with Gasteiger partial charge < -0.3 is 9.88 Å². The van der Waals surface area contributed by atoms with Crippen molar-refractivity contribution >= 4 is 5.91 Å². The molecule has 1 aromatic carbocycles. The van der Waals surface area contributed by atoms with Crippen LogP contribution in [-0.2, 0) is 24.2 Å². The maximum atomic E-state index is 13.8. The van der Waals surface area contributed by atoms with Gasteiger partial charge in [-0.25, -0.2) is 18.7 Å². The highest BCUT2D eigenvalue weighted by atomic mass is 19.1. The van der Waals surface area contributed by atoms with Gasteiger partial charge in [0.1, 0.15) is 17.3 Å². The quantitative estimate of drug-likeness (QED) is 0.729. The second-order valence-electron chi connectivity index (χ2n) is 6.86. The van der Waals surface area contributed by atoms with Gasteiger partial charge in [0.15, 0.2) is 5.82 Å². The van der Waals surface area contributed by atoms with Gasteiger partial charge >= 0.3 is 0 Å². The molecule has 1 N–H and O–H groups in total. The van der Waals surface area contributed by atoms with Gasteiger partial charge in [-0.2, -0.15) is 0 Å². The molecule has 3 heterocycles. The Morgan fingerprint density at radius 2 is 2.07 bits per heavy atom. The minimum Gasteiger partial charge on any atom is -0.336 e. The number of aryl methyl sites for hydroxylation is 1. The summed E-state index contributed by atoms with van der Waals surface area (Å²) in [5.74, 6) is -1.33. The molecule has 0 saturated heterocycles. The second-order valence-corrected chi connectivity index (χ2v) is 6.86. The van der Waals surface area contributed by atoms with Gasteiger partial charge in [-0.05, 0) is 31.5 Å². The highest BCUT2D eigenvalue weighted by Crippen LogP contribution is 2.19. The molecule has 2 aromatic heterocycles. The summed E-state index contributed by atoms with van der Waals surface area (Å²) < 4.78 is 27.2. The molecule has 1 aliphatic heterocycles. The molecule has 0 atom stereocenters. The summed E-state index contributed by atoms with van der Waals surface area (Å²) in [4.78, 5) is 42.1. The Morgan fingerprint density at radius 1 is 1.24 bits per heavy atom. The number of nitrogens with zero attached hydrogens (tertiary/aromatic N) is 4. The first-order chi connectivity index (χ1) is 13.9. The molecule has 29 heavy (non-hydrogen) atoms. The third kappa shape index (κ3) is 3.89. The Morgan fingerprint density at radius 3 is 2.83 bits per heavy atom. The average Bonchev–Trinajstić information content (AvgIpc) is 2.70. The number of amides is 1. The van der Waals surface area contributed by atoms with Gasteiger partial charge in [0.05, 0.1) is 30.6 Å². The number of fused-ring (bicyclic) bond motifs is 1. The van der Waals surface area contributed by atoms with E-state index in [4.69, 9.17) is 0 Å². The number of halogens is 2. The third-order valence-electron chi connectivity index (χ3n) is 4.80. The van der Waals surface area contributed by atoms with Gasteiger partial charge in [0, 0.05) is 23.9 Å². The fraction of sp³-hybridized carbons (Fsp3) is 0.250. The molecule has 0 unspecified atom stereocenters. The zero-order valence-corrected chi connectivity index (χ0v) is 15.6. The zero-order valence-electron chi connectivity index (χ0n) is 15.6. The average molecular weight is 397 g/mol. The first-order valence-corrected chi connectivity index (χ1v) is 9.03. The number of H-pyrrole nitrogens is 1. The van der Waals surface area contributed by atoms with Crippen molar-refractivity contribution in [1.82, 2.24) is 24.8 Å². The lowest BCUT2D eigenvalue weighted by molar-refractivity contribution is -0.131. The molecule has 7 nitrogen and oxygen atoms in total. The van der Waals surface area contributed by atoms with Crippen molar-refractivity contribution in [2.75, 3.05) is 6.54 Å². The maximum Gasteiger partial charge on any atom is 0.254 e. The molecule has 148 valence electrons. The minimum atomic E-state index is -0.632. The van der Waals surface area contributed by atoms with Crippen LogP contribution in [0.15, 0.2) is 35.4 Å². The summed E-state index contributed by atoms with van der Waals surface area (Å²) in [6.45, 7) is 2.21. The number of benzene rings is 1. The van der Waals surface area contributed by atoms with E-state index in [1.807, 2.05) is 0 Å². The summed E-state index contributed by atoms with van der Waals surface area (Å²) in [5.41, 5.74) is 1.84. The lowest BCUT2D eigenvalue weighted by Gasteiger charge is -2.28. The second kappa shape index (κ2) is 7.50. The summed E-state index contributed by atoms with van der Waals surface area (Å²) in [6, 6.07) is 3.02. The van der Waals surface area contributed by atoms with Crippen LogP contribution in [0.2, 0.25) is 0 Å².